The molecule has 0 aliphatic carbocycles. The molecule has 1 unspecified atom stereocenters. The van der Waals surface area contributed by atoms with Crippen LogP contribution in [0.4, 0.5) is 0 Å². The van der Waals surface area contributed by atoms with Crippen molar-refractivity contribution < 1.29 is 4.74 Å². The normalized spacial score (nSPS) is 17.6. The predicted octanol–water partition coefficient (Wildman–Crippen LogP) is 2.14. The van der Waals surface area contributed by atoms with E-state index in [2.05, 4.69) is 25.8 Å². The Balaban J connectivity index is 3.75. The van der Waals surface area contributed by atoms with E-state index in [9.17, 15) is 0 Å². The molecule has 0 bridgehead atoms. The zero-order chi connectivity index (χ0) is 8.85. The highest BCUT2D eigenvalue weighted by molar-refractivity contribution is 5.59. The quantitative estimate of drug-likeness (QED) is 0.573. The zero-order valence-corrected chi connectivity index (χ0v) is 8.16. The van der Waals surface area contributed by atoms with Gasteiger partial charge in [-0.2, -0.15) is 0 Å². The second-order valence-electron chi connectivity index (χ2n) is 3.22. The third-order valence-corrected chi connectivity index (χ3v) is 1.67. The van der Waals surface area contributed by atoms with Crippen molar-refractivity contribution in [3.63, 3.8) is 0 Å². The minimum absolute atomic E-state index is 0.213. The van der Waals surface area contributed by atoms with E-state index in [1.807, 2.05) is 13.1 Å². The first kappa shape index (κ1) is 10.6. The van der Waals surface area contributed by atoms with Crippen LogP contribution in [-0.4, -0.2) is 25.5 Å². The van der Waals surface area contributed by atoms with Crippen LogP contribution in [0.3, 0.4) is 0 Å². The number of aliphatic imine (C=N–C) groups is 1. The van der Waals surface area contributed by atoms with Crippen LogP contribution >= 0.6 is 0 Å². The topological polar surface area (TPSA) is 21.6 Å². The van der Waals surface area contributed by atoms with Crippen molar-refractivity contribution in [2.24, 2.45) is 10.9 Å². The molecule has 2 atom stereocenters. The minimum atomic E-state index is 0.213. The molecule has 0 aliphatic heterocycles. The smallest absolute Gasteiger partial charge is 0.0763 e. The van der Waals surface area contributed by atoms with Crippen LogP contribution in [0.5, 0.6) is 0 Å². The number of hydrogen-bond donors (Lipinski definition) is 0. The molecule has 0 aromatic carbocycles. The Bertz CT molecular complexity index is 121. The Hall–Kier alpha value is -0.370. The molecule has 0 saturated heterocycles. The molecule has 2 nitrogen and oxygen atoms in total. The molecule has 0 radical (unpaired) electrons. The maximum atomic E-state index is 5.13. The predicted molar refractivity (Wildman–Crippen MR) is 49.3 cm³/mol. The van der Waals surface area contributed by atoms with Gasteiger partial charge in [0, 0.05) is 13.3 Å². The van der Waals surface area contributed by atoms with E-state index < -0.39 is 0 Å². The summed E-state index contributed by atoms with van der Waals surface area (Å²) < 4.78 is 5.13. The standard InChI is InChI=1S/C9H19NO/c1-7(2)6-10-8(3)9(4)11-5/h6-9H,1-5H3/t8?,9-/m1/s1. The summed E-state index contributed by atoms with van der Waals surface area (Å²) in [6.07, 6.45) is 2.19. The lowest BCUT2D eigenvalue weighted by atomic mass is 10.2. The molecule has 0 fully saturated rings. The van der Waals surface area contributed by atoms with Crippen LogP contribution in [0.2, 0.25) is 0 Å². The Morgan fingerprint density at radius 2 is 1.73 bits per heavy atom. The van der Waals surface area contributed by atoms with Crippen molar-refractivity contribution in [2.75, 3.05) is 7.11 Å². The van der Waals surface area contributed by atoms with E-state index in [0.717, 1.165) is 0 Å². The SMILES string of the molecule is CO[C@H](C)C(C)N=CC(C)C. The summed E-state index contributed by atoms with van der Waals surface area (Å²) in [4.78, 5) is 4.34. The molecule has 0 N–H and O–H groups in total. The van der Waals surface area contributed by atoms with Gasteiger partial charge in [0.1, 0.15) is 0 Å². The first-order valence-corrected chi connectivity index (χ1v) is 4.14. The van der Waals surface area contributed by atoms with Gasteiger partial charge in [0.2, 0.25) is 0 Å². The fraction of sp³-hybridized carbons (Fsp3) is 0.889. The molecule has 0 heterocycles. The second kappa shape index (κ2) is 5.30. The van der Waals surface area contributed by atoms with Crippen LogP contribution in [-0.2, 0) is 4.74 Å². The summed E-state index contributed by atoms with van der Waals surface area (Å²) >= 11 is 0. The summed E-state index contributed by atoms with van der Waals surface area (Å²) in [6, 6.07) is 0.266. The largest absolute Gasteiger partial charge is 0.380 e. The summed E-state index contributed by atoms with van der Waals surface area (Å²) in [6.45, 7) is 8.33. The molecule has 66 valence electrons. The Kier molecular flexibility index (Phi) is 5.12. The van der Waals surface area contributed by atoms with Crippen LogP contribution in [0, 0.1) is 5.92 Å². The Labute approximate surface area is 69.7 Å². The fourth-order valence-corrected chi connectivity index (χ4v) is 0.626. The average Bonchev–Trinajstić information content (AvgIpc) is 1.98. The lowest BCUT2D eigenvalue weighted by Crippen LogP contribution is -2.20. The molecular weight excluding hydrogens is 138 g/mol. The minimum Gasteiger partial charge on any atom is -0.380 e. The number of nitrogens with zero attached hydrogens (tertiary/aromatic N) is 1. The van der Waals surface area contributed by atoms with Gasteiger partial charge in [-0.25, -0.2) is 0 Å². The van der Waals surface area contributed by atoms with Gasteiger partial charge in [0.25, 0.3) is 0 Å². The van der Waals surface area contributed by atoms with Crippen LogP contribution in [0.25, 0.3) is 0 Å². The molecular formula is C9H19NO. The molecule has 0 spiro atoms. The number of rotatable bonds is 4. The molecule has 0 rings (SSSR count). The fourth-order valence-electron chi connectivity index (χ4n) is 0.626. The number of hydrogen-bond acceptors (Lipinski definition) is 2. The highest BCUT2D eigenvalue weighted by Crippen LogP contribution is 2.01. The van der Waals surface area contributed by atoms with E-state index >= 15 is 0 Å². The van der Waals surface area contributed by atoms with Crippen molar-refractivity contribution in [1.29, 1.82) is 0 Å². The van der Waals surface area contributed by atoms with Gasteiger partial charge < -0.3 is 4.74 Å². The molecule has 0 aromatic heterocycles. The van der Waals surface area contributed by atoms with E-state index in [-0.39, 0.29) is 12.1 Å². The van der Waals surface area contributed by atoms with Gasteiger partial charge in [-0.1, -0.05) is 13.8 Å². The van der Waals surface area contributed by atoms with Crippen LogP contribution in [0.1, 0.15) is 27.7 Å². The molecule has 11 heavy (non-hydrogen) atoms. The van der Waals surface area contributed by atoms with Crippen molar-refractivity contribution in [3.05, 3.63) is 0 Å². The van der Waals surface area contributed by atoms with E-state index in [1.54, 1.807) is 7.11 Å². The number of ether oxygens (including phenoxy) is 1. The summed E-state index contributed by atoms with van der Waals surface area (Å²) in [5.74, 6) is 0.529. The summed E-state index contributed by atoms with van der Waals surface area (Å²) in [5, 5.41) is 0. The number of methoxy groups -OCH3 is 1. The zero-order valence-electron chi connectivity index (χ0n) is 8.16. The highest BCUT2D eigenvalue weighted by atomic mass is 16.5. The van der Waals surface area contributed by atoms with E-state index in [4.69, 9.17) is 4.74 Å². The van der Waals surface area contributed by atoms with Gasteiger partial charge in [0.15, 0.2) is 0 Å². The molecule has 0 aromatic rings. The monoisotopic (exact) mass is 157 g/mol. The van der Waals surface area contributed by atoms with Crippen molar-refractivity contribution in [1.82, 2.24) is 0 Å². The second-order valence-corrected chi connectivity index (χ2v) is 3.22. The van der Waals surface area contributed by atoms with Crippen molar-refractivity contribution in [2.45, 2.75) is 39.8 Å². The summed E-state index contributed by atoms with van der Waals surface area (Å²) in [5.41, 5.74) is 0. The van der Waals surface area contributed by atoms with Gasteiger partial charge in [-0.15, -0.1) is 0 Å². The van der Waals surface area contributed by atoms with E-state index in [1.165, 1.54) is 0 Å². The maximum Gasteiger partial charge on any atom is 0.0763 e. The van der Waals surface area contributed by atoms with Crippen LogP contribution in [0.15, 0.2) is 4.99 Å². The highest BCUT2D eigenvalue weighted by Gasteiger charge is 2.07. The third-order valence-electron chi connectivity index (χ3n) is 1.67. The van der Waals surface area contributed by atoms with Gasteiger partial charge in [-0.3, -0.25) is 4.99 Å². The third kappa shape index (κ3) is 4.96. The molecule has 2 heteroatoms. The average molecular weight is 157 g/mol. The van der Waals surface area contributed by atoms with E-state index in [0.29, 0.717) is 5.92 Å². The lowest BCUT2D eigenvalue weighted by Gasteiger charge is -2.13. The first-order valence-electron chi connectivity index (χ1n) is 4.14. The van der Waals surface area contributed by atoms with Crippen molar-refractivity contribution in [3.8, 4) is 0 Å². The Morgan fingerprint density at radius 1 is 1.18 bits per heavy atom. The first-order chi connectivity index (χ1) is 5.07. The lowest BCUT2D eigenvalue weighted by molar-refractivity contribution is 0.101. The molecule has 0 saturated carbocycles. The summed E-state index contributed by atoms with van der Waals surface area (Å²) in [7, 11) is 1.71. The van der Waals surface area contributed by atoms with Gasteiger partial charge >= 0.3 is 0 Å². The maximum absolute atomic E-state index is 5.13. The molecule has 0 amide bonds. The molecule has 0 aliphatic rings. The van der Waals surface area contributed by atoms with Crippen LogP contribution < -0.4 is 0 Å². The van der Waals surface area contributed by atoms with Gasteiger partial charge in [-0.05, 0) is 19.8 Å². The van der Waals surface area contributed by atoms with Crippen molar-refractivity contribution >= 4 is 6.21 Å². The van der Waals surface area contributed by atoms with Gasteiger partial charge in [0.05, 0.1) is 12.1 Å². The Morgan fingerprint density at radius 3 is 2.09 bits per heavy atom.